The normalized spacial score (nSPS) is 10.3. The van der Waals surface area contributed by atoms with Gasteiger partial charge in [0.1, 0.15) is 5.75 Å². The zero-order chi connectivity index (χ0) is 12.8. The van der Waals surface area contributed by atoms with Gasteiger partial charge in [0, 0.05) is 12.2 Å². The van der Waals surface area contributed by atoms with E-state index < -0.39 is 0 Å². The number of hydrogen-bond acceptors (Lipinski definition) is 2. The first kappa shape index (κ1) is 12.5. The van der Waals surface area contributed by atoms with E-state index in [0.717, 1.165) is 24.2 Å². The molecule has 2 heteroatoms. The van der Waals surface area contributed by atoms with Crippen molar-refractivity contribution >= 4 is 5.69 Å². The molecule has 0 aliphatic heterocycles. The number of aryl methyl sites for hydroxylation is 1. The molecule has 18 heavy (non-hydrogen) atoms. The highest BCUT2D eigenvalue weighted by molar-refractivity contribution is 5.45. The summed E-state index contributed by atoms with van der Waals surface area (Å²) in [6, 6.07) is 15.8. The monoisotopic (exact) mass is 241 g/mol. The molecule has 0 aliphatic rings. The molecule has 0 bridgehead atoms. The minimum atomic E-state index is 0.313. The minimum absolute atomic E-state index is 0.313. The first-order valence-corrected chi connectivity index (χ1v) is 6.38. The molecule has 0 radical (unpaired) electrons. The van der Waals surface area contributed by atoms with Gasteiger partial charge in [0.25, 0.3) is 0 Å². The van der Waals surface area contributed by atoms with E-state index in [1.54, 1.807) is 12.1 Å². The van der Waals surface area contributed by atoms with E-state index in [1.165, 1.54) is 12.0 Å². The molecule has 0 aliphatic carbocycles. The predicted molar refractivity (Wildman–Crippen MR) is 75.9 cm³/mol. The van der Waals surface area contributed by atoms with Gasteiger partial charge in [-0.05, 0) is 41.8 Å². The Bertz CT molecular complexity index is 491. The van der Waals surface area contributed by atoms with Crippen LogP contribution in [0.3, 0.4) is 0 Å². The molecule has 0 saturated heterocycles. The van der Waals surface area contributed by atoms with Crippen LogP contribution in [0.4, 0.5) is 5.69 Å². The molecule has 0 amide bonds. The molecule has 0 aromatic heterocycles. The zero-order valence-electron chi connectivity index (χ0n) is 10.7. The van der Waals surface area contributed by atoms with Crippen molar-refractivity contribution in [3.05, 3.63) is 59.7 Å². The molecule has 0 spiro atoms. The van der Waals surface area contributed by atoms with Gasteiger partial charge in [-0.15, -0.1) is 0 Å². The van der Waals surface area contributed by atoms with Crippen LogP contribution >= 0.6 is 0 Å². The number of benzene rings is 2. The van der Waals surface area contributed by atoms with Gasteiger partial charge in [-0.2, -0.15) is 0 Å². The molecule has 94 valence electrons. The SMILES string of the molecule is CCCc1ccc(NCc2cccc(O)c2)cc1. The van der Waals surface area contributed by atoms with Gasteiger partial charge >= 0.3 is 0 Å². The lowest BCUT2D eigenvalue weighted by Gasteiger charge is -2.07. The van der Waals surface area contributed by atoms with E-state index in [2.05, 4.69) is 36.5 Å². The maximum absolute atomic E-state index is 9.38. The van der Waals surface area contributed by atoms with Crippen LogP contribution in [0, 0.1) is 0 Å². The van der Waals surface area contributed by atoms with Crippen LogP contribution in [0.2, 0.25) is 0 Å². The van der Waals surface area contributed by atoms with Crippen LogP contribution in [0.25, 0.3) is 0 Å². The van der Waals surface area contributed by atoms with E-state index in [4.69, 9.17) is 0 Å². The topological polar surface area (TPSA) is 32.3 Å². The summed E-state index contributed by atoms with van der Waals surface area (Å²) in [5, 5.41) is 12.7. The molecule has 0 saturated carbocycles. The Morgan fingerprint density at radius 3 is 2.44 bits per heavy atom. The Morgan fingerprint density at radius 1 is 1.00 bits per heavy atom. The average molecular weight is 241 g/mol. The first-order valence-electron chi connectivity index (χ1n) is 6.38. The molecule has 0 fully saturated rings. The van der Waals surface area contributed by atoms with Crippen molar-refractivity contribution in [2.75, 3.05) is 5.32 Å². The smallest absolute Gasteiger partial charge is 0.115 e. The second-order valence-electron chi connectivity index (χ2n) is 4.47. The fourth-order valence-corrected chi connectivity index (χ4v) is 1.95. The second-order valence-corrected chi connectivity index (χ2v) is 4.47. The Hall–Kier alpha value is -1.96. The first-order chi connectivity index (χ1) is 8.78. The average Bonchev–Trinajstić information content (AvgIpc) is 2.38. The number of hydrogen-bond donors (Lipinski definition) is 2. The lowest BCUT2D eigenvalue weighted by Crippen LogP contribution is -1.99. The van der Waals surface area contributed by atoms with E-state index in [9.17, 15) is 5.11 Å². The van der Waals surface area contributed by atoms with E-state index in [0.29, 0.717) is 5.75 Å². The van der Waals surface area contributed by atoms with E-state index >= 15 is 0 Å². The van der Waals surface area contributed by atoms with Crippen molar-refractivity contribution in [1.29, 1.82) is 0 Å². The van der Waals surface area contributed by atoms with Gasteiger partial charge in [-0.25, -0.2) is 0 Å². The third kappa shape index (κ3) is 3.52. The molecule has 0 heterocycles. The van der Waals surface area contributed by atoms with Crippen LogP contribution in [-0.4, -0.2) is 5.11 Å². The maximum atomic E-state index is 9.38. The third-order valence-electron chi connectivity index (χ3n) is 2.90. The number of anilines is 1. The predicted octanol–water partition coefficient (Wildman–Crippen LogP) is 3.96. The van der Waals surface area contributed by atoms with Gasteiger partial charge in [-0.3, -0.25) is 0 Å². The summed E-state index contributed by atoms with van der Waals surface area (Å²) in [7, 11) is 0. The second kappa shape index (κ2) is 6.10. The van der Waals surface area contributed by atoms with Crippen molar-refractivity contribution in [3.8, 4) is 5.75 Å². The number of phenols is 1. The number of aromatic hydroxyl groups is 1. The van der Waals surface area contributed by atoms with Crippen LogP contribution in [0.15, 0.2) is 48.5 Å². The highest BCUT2D eigenvalue weighted by Gasteiger charge is 1.96. The number of rotatable bonds is 5. The lowest BCUT2D eigenvalue weighted by atomic mass is 10.1. The van der Waals surface area contributed by atoms with Gasteiger partial charge in [-0.1, -0.05) is 37.6 Å². The third-order valence-corrected chi connectivity index (χ3v) is 2.90. The zero-order valence-corrected chi connectivity index (χ0v) is 10.7. The molecule has 2 N–H and O–H groups in total. The molecule has 2 rings (SSSR count). The summed E-state index contributed by atoms with van der Waals surface area (Å²) in [4.78, 5) is 0. The van der Waals surface area contributed by atoms with Crippen LogP contribution < -0.4 is 5.32 Å². The Morgan fingerprint density at radius 2 is 1.78 bits per heavy atom. The van der Waals surface area contributed by atoms with Gasteiger partial charge in [0.2, 0.25) is 0 Å². The summed E-state index contributed by atoms with van der Waals surface area (Å²) in [5.74, 6) is 0.313. The molecular weight excluding hydrogens is 222 g/mol. The minimum Gasteiger partial charge on any atom is -0.508 e. The lowest BCUT2D eigenvalue weighted by molar-refractivity contribution is 0.474. The molecular formula is C16H19NO. The highest BCUT2D eigenvalue weighted by Crippen LogP contribution is 2.15. The summed E-state index contributed by atoms with van der Waals surface area (Å²) in [6.45, 7) is 2.91. The van der Waals surface area contributed by atoms with Crippen LogP contribution in [-0.2, 0) is 13.0 Å². The summed E-state index contributed by atoms with van der Waals surface area (Å²) in [5.41, 5.74) is 3.56. The summed E-state index contributed by atoms with van der Waals surface area (Å²) < 4.78 is 0. The Labute approximate surface area is 108 Å². The molecule has 0 atom stereocenters. The van der Waals surface area contributed by atoms with E-state index in [1.807, 2.05) is 12.1 Å². The van der Waals surface area contributed by atoms with Gasteiger partial charge < -0.3 is 10.4 Å². The van der Waals surface area contributed by atoms with Crippen molar-refractivity contribution in [1.82, 2.24) is 0 Å². The number of phenolic OH excluding ortho intramolecular Hbond substituents is 1. The van der Waals surface area contributed by atoms with Crippen LogP contribution in [0.5, 0.6) is 5.75 Å². The number of nitrogens with one attached hydrogen (secondary N) is 1. The largest absolute Gasteiger partial charge is 0.508 e. The fraction of sp³-hybridized carbons (Fsp3) is 0.250. The standard InChI is InChI=1S/C16H19NO/c1-2-4-13-7-9-15(10-8-13)17-12-14-5-3-6-16(18)11-14/h3,5-11,17-18H,2,4,12H2,1H3. The Kier molecular flexibility index (Phi) is 4.24. The molecule has 2 nitrogen and oxygen atoms in total. The molecule has 0 unspecified atom stereocenters. The summed E-state index contributed by atoms with van der Waals surface area (Å²) in [6.07, 6.45) is 2.31. The fourth-order valence-electron chi connectivity index (χ4n) is 1.95. The quantitative estimate of drug-likeness (QED) is 0.830. The van der Waals surface area contributed by atoms with E-state index in [-0.39, 0.29) is 0 Å². The summed E-state index contributed by atoms with van der Waals surface area (Å²) >= 11 is 0. The highest BCUT2D eigenvalue weighted by atomic mass is 16.3. The van der Waals surface area contributed by atoms with Gasteiger partial charge in [0.15, 0.2) is 0 Å². The van der Waals surface area contributed by atoms with Crippen LogP contribution in [0.1, 0.15) is 24.5 Å². The van der Waals surface area contributed by atoms with Crippen molar-refractivity contribution in [2.45, 2.75) is 26.3 Å². The molecule has 2 aromatic carbocycles. The van der Waals surface area contributed by atoms with Gasteiger partial charge in [0.05, 0.1) is 0 Å². The maximum Gasteiger partial charge on any atom is 0.115 e. The van der Waals surface area contributed by atoms with Crippen molar-refractivity contribution < 1.29 is 5.11 Å². The molecule has 2 aromatic rings. The van der Waals surface area contributed by atoms with Crippen molar-refractivity contribution in [2.24, 2.45) is 0 Å². The van der Waals surface area contributed by atoms with Crippen molar-refractivity contribution in [3.63, 3.8) is 0 Å². The Balaban J connectivity index is 1.93.